The van der Waals surface area contributed by atoms with Crippen LogP contribution in [0, 0.1) is 0 Å². The second-order valence-corrected chi connectivity index (χ2v) is 4.85. The molecule has 1 atom stereocenters. The highest BCUT2D eigenvalue weighted by atomic mass is 16.6. The number of esters is 1. The smallest absolute Gasteiger partial charge is 0.372 e. The Morgan fingerprint density at radius 1 is 1.35 bits per heavy atom. The van der Waals surface area contributed by atoms with Crippen molar-refractivity contribution in [3.63, 3.8) is 0 Å². The van der Waals surface area contributed by atoms with Crippen molar-refractivity contribution in [1.82, 2.24) is 4.90 Å². The lowest BCUT2D eigenvalue weighted by Crippen LogP contribution is -2.49. The number of carbonyl (C=O) groups excluding carboxylic acids is 3. The molecule has 1 heterocycles. The van der Waals surface area contributed by atoms with Crippen LogP contribution in [0.5, 0.6) is 0 Å². The van der Waals surface area contributed by atoms with E-state index in [2.05, 4.69) is 0 Å². The maximum absolute atomic E-state index is 12.1. The van der Waals surface area contributed by atoms with Crippen LogP contribution < -0.4 is 0 Å². The largest absolute Gasteiger partial charge is 0.420 e. The first-order chi connectivity index (χ1) is 9.45. The quantitative estimate of drug-likeness (QED) is 0.466. The fourth-order valence-corrected chi connectivity index (χ4v) is 2.05. The maximum Gasteiger partial charge on any atom is 0.420 e. The van der Waals surface area contributed by atoms with Crippen molar-refractivity contribution in [3.05, 3.63) is 35.9 Å². The van der Waals surface area contributed by atoms with E-state index in [1.165, 1.54) is 0 Å². The summed E-state index contributed by atoms with van der Waals surface area (Å²) in [5, 5.41) is 0. The van der Waals surface area contributed by atoms with E-state index in [1.807, 2.05) is 0 Å². The molecular formula is C14H15NO5. The molecule has 1 aromatic carbocycles. The van der Waals surface area contributed by atoms with E-state index in [0.717, 1.165) is 4.90 Å². The zero-order chi connectivity index (χ0) is 14.8. The molecule has 6 nitrogen and oxygen atoms in total. The lowest BCUT2D eigenvalue weighted by atomic mass is 10.2. The number of rotatable bonds is 2. The standard InChI is InChI=1S/C14H15NO5/c1-14(2)15(11(8-16)9-19-14)13(18)20-12(17)10-6-4-3-5-7-10/h3-8,11H,9H2,1-2H3. The van der Waals surface area contributed by atoms with Gasteiger partial charge in [-0.3, -0.25) is 4.90 Å². The van der Waals surface area contributed by atoms with Gasteiger partial charge in [-0.2, -0.15) is 0 Å². The Balaban J connectivity index is 2.11. The number of amides is 1. The summed E-state index contributed by atoms with van der Waals surface area (Å²) in [6.45, 7) is 3.35. The van der Waals surface area contributed by atoms with E-state index in [-0.39, 0.29) is 12.2 Å². The van der Waals surface area contributed by atoms with Crippen molar-refractivity contribution < 1.29 is 23.9 Å². The van der Waals surface area contributed by atoms with Crippen LogP contribution in [0.15, 0.2) is 30.3 Å². The van der Waals surface area contributed by atoms with E-state index < -0.39 is 23.8 Å². The Labute approximate surface area is 116 Å². The molecule has 1 aromatic rings. The van der Waals surface area contributed by atoms with Crippen molar-refractivity contribution in [3.8, 4) is 0 Å². The molecule has 1 saturated heterocycles. The third-order valence-electron chi connectivity index (χ3n) is 3.06. The first-order valence-electron chi connectivity index (χ1n) is 6.15. The number of ether oxygens (including phenoxy) is 2. The lowest BCUT2D eigenvalue weighted by molar-refractivity contribution is -0.112. The molecule has 0 N–H and O–H groups in total. The van der Waals surface area contributed by atoms with Crippen molar-refractivity contribution in [1.29, 1.82) is 0 Å². The molecule has 1 fully saturated rings. The Morgan fingerprint density at radius 3 is 2.60 bits per heavy atom. The van der Waals surface area contributed by atoms with Gasteiger partial charge in [0, 0.05) is 0 Å². The Hall–Kier alpha value is -2.21. The number of hydrogen-bond acceptors (Lipinski definition) is 5. The van der Waals surface area contributed by atoms with Crippen LogP contribution in [0.25, 0.3) is 0 Å². The summed E-state index contributed by atoms with van der Waals surface area (Å²) in [6.07, 6.45) is -0.290. The van der Waals surface area contributed by atoms with E-state index in [9.17, 15) is 14.4 Å². The maximum atomic E-state index is 12.1. The molecule has 1 aliphatic rings. The van der Waals surface area contributed by atoms with Gasteiger partial charge in [0.15, 0.2) is 0 Å². The van der Waals surface area contributed by atoms with Gasteiger partial charge in [0.25, 0.3) is 0 Å². The van der Waals surface area contributed by atoms with Gasteiger partial charge >= 0.3 is 12.1 Å². The van der Waals surface area contributed by atoms with Gasteiger partial charge in [-0.25, -0.2) is 9.59 Å². The van der Waals surface area contributed by atoms with Gasteiger partial charge in [0.1, 0.15) is 18.1 Å². The number of benzene rings is 1. The normalized spacial score (nSPS) is 20.5. The molecule has 106 valence electrons. The molecule has 2 rings (SSSR count). The minimum atomic E-state index is -0.986. The summed E-state index contributed by atoms with van der Waals surface area (Å²) in [5.41, 5.74) is -0.721. The second-order valence-electron chi connectivity index (χ2n) is 4.85. The summed E-state index contributed by atoms with van der Waals surface area (Å²) < 4.78 is 10.1. The van der Waals surface area contributed by atoms with Crippen molar-refractivity contribution in [2.75, 3.05) is 6.61 Å². The molecule has 0 bridgehead atoms. The highest BCUT2D eigenvalue weighted by Gasteiger charge is 2.45. The Bertz CT molecular complexity index is 526. The molecule has 0 radical (unpaired) electrons. The zero-order valence-corrected chi connectivity index (χ0v) is 11.2. The molecule has 1 aliphatic heterocycles. The van der Waals surface area contributed by atoms with Crippen LogP contribution >= 0.6 is 0 Å². The molecule has 0 saturated carbocycles. The molecule has 1 unspecified atom stereocenters. The van der Waals surface area contributed by atoms with Crippen LogP contribution in [-0.4, -0.2) is 41.6 Å². The Morgan fingerprint density at radius 2 is 2.00 bits per heavy atom. The summed E-state index contributed by atoms with van der Waals surface area (Å²) in [5.74, 6) is -0.761. The van der Waals surface area contributed by atoms with E-state index in [4.69, 9.17) is 9.47 Å². The predicted octanol–water partition coefficient (Wildman–Crippen LogP) is 1.60. The first-order valence-corrected chi connectivity index (χ1v) is 6.15. The Kier molecular flexibility index (Phi) is 3.85. The fraction of sp³-hybridized carbons (Fsp3) is 0.357. The highest BCUT2D eigenvalue weighted by Crippen LogP contribution is 2.27. The van der Waals surface area contributed by atoms with E-state index in [1.54, 1.807) is 44.2 Å². The average molecular weight is 277 g/mol. The third-order valence-corrected chi connectivity index (χ3v) is 3.06. The van der Waals surface area contributed by atoms with Crippen LogP contribution in [0.3, 0.4) is 0 Å². The first kappa shape index (κ1) is 14.2. The minimum absolute atomic E-state index is 0.0884. The molecule has 6 heteroatoms. The zero-order valence-electron chi connectivity index (χ0n) is 11.2. The van der Waals surface area contributed by atoms with Crippen LogP contribution in [0.2, 0.25) is 0 Å². The summed E-state index contributed by atoms with van der Waals surface area (Å²) in [4.78, 5) is 36.0. The topological polar surface area (TPSA) is 72.9 Å². The number of aldehydes is 1. The van der Waals surface area contributed by atoms with Crippen LogP contribution in [-0.2, 0) is 14.3 Å². The highest BCUT2D eigenvalue weighted by molar-refractivity contribution is 5.96. The van der Waals surface area contributed by atoms with Gasteiger partial charge < -0.3 is 14.3 Å². The summed E-state index contributed by atoms with van der Waals surface area (Å²) >= 11 is 0. The van der Waals surface area contributed by atoms with Gasteiger partial charge in [-0.15, -0.1) is 0 Å². The molecule has 0 aliphatic carbocycles. The minimum Gasteiger partial charge on any atom is -0.372 e. The SMILES string of the molecule is CC1(C)OCC(C=O)N1C(=O)OC(=O)c1ccccc1. The average Bonchev–Trinajstić information content (AvgIpc) is 2.74. The number of nitrogens with zero attached hydrogens (tertiary/aromatic N) is 1. The second kappa shape index (κ2) is 5.42. The number of hydrogen-bond donors (Lipinski definition) is 0. The fourth-order valence-electron chi connectivity index (χ4n) is 2.05. The van der Waals surface area contributed by atoms with Crippen LogP contribution in [0.4, 0.5) is 4.79 Å². The van der Waals surface area contributed by atoms with Crippen molar-refractivity contribution in [2.45, 2.75) is 25.6 Å². The molecule has 20 heavy (non-hydrogen) atoms. The number of carbonyl (C=O) groups is 3. The van der Waals surface area contributed by atoms with Crippen LogP contribution in [0.1, 0.15) is 24.2 Å². The van der Waals surface area contributed by atoms with Crippen molar-refractivity contribution in [2.24, 2.45) is 0 Å². The van der Waals surface area contributed by atoms with Gasteiger partial charge in [0.2, 0.25) is 0 Å². The van der Waals surface area contributed by atoms with Crippen molar-refractivity contribution >= 4 is 18.3 Å². The molecule has 0 spiro atoms. The summed E-state index contributed by atoms with van der Waals surface area (Å²) in [7, 11) is 0. The molecular weight excluding hydrogens is 262 g/mol. The van der Waals surface area contributed by atoms with Gasteiger partial charge in [-0.05, 0) is 26.0 Å². The van der Waals surface area contributed by atoms with E-state index >= 15 is 0 Å². The molecule has 0 aromatic heterocycles. The third kappa shape index (κ3) is 2.70. The monoisotopic (exact) mass is 277 g/mol. The van der Waals surface area contributed by atoms with E-state index in [0.29, 0.717) is 6.29 Å². The molecule has 1 amide bonds. The lowest BCUT2D eigenvalue weighted by Gasteiger charge is -2.30. The van der Waals surface area contributed by atoms with Gasteiger partial charge in [0.05, 0.1) is 12.2 Å². The summed E-state index contributed by atoms with van der Waals surface area (Å²) in [6, 6.07) is 7.41. The predicted molar refractivity (Wildman–Crippen MR) is 69.0 cm³/mol. The van der Waals surface area contributed by atoms with Gasteiger partial charge in [-0.1, -0.05) is 18.2 Å².